The number of carbonyl (C=O) groups is 1. The van der Waals surface area contributed by atoms with Gasteiger partial charge in [-0.25, -0.2) is 4.79 Å². The van der Waals surface area contributed by atoms with E-state index in [1.54, 1.807) is 16.8 Å². The minimum Gasteiger partial charge on any atom is -0.478 e. The number of hydrogen-bond acceptors (Lipinski definition) is 2. The second-order valence-electron chi connectivity index (χ2n) is 5.71. The van der Waals surface area contributed by atoms with Crippen LogP contribution in [0.1, 0.15) is 10.4 Å². The van der Waals surface area contributed by atoms with Crippen molar-refractivity contribution < 1.29 is 9.90 Å². The van der Waals surface area contributed by atoms with Crippen LogP contribution >= 0.6 is 0 Å². The second-order valence-corrected chi connectivity index (χ2v) is 5.71. The van der Waals surface area contributed by atoms with Crippen molar-refractivity contribution in [2.24, 2.45) is 14.1 Å². The third-order valence-electron chi connectivity index (χ3n) is 4.26. The molecule has 2 heterocycles. The molecular weight excluding hydrogens is 290 g/mol. The number of carboxylic acid groups (broad SMARTS) is 1. The lowest BCUT2D eigenvalue weighted by molar-refractivity contribution is 0.0697. The van der Waals surface area contributed by atoms with Crippen LogP contribution < -0.4 is 0 Å². The molecule has 23 heavy (non-hydrogen) atoms. The summed E-state index contributed by atoms with van der Waals surface area (Å²) in [6.45, 7) is 0. The number of aromatic nitrogens is 3. The Morgan fingerprint density at radius 3 is 2.65 bits per heavy atom. The number of rotatable bonds is 2. The van der Waals surface area contributed by atoms with Crippen LogP contribution in [0.25, 0.3) is 33.1 Å². The molecule has 0 atom stereocenters. The second kappa shape index (κ2) is 4.71. The predicted octanol–water partition coefficient (Wildman–Crippen LogP) is 3.43. The molecule has 0 bridgehead atoms. The van der Waals surface area contributed by atoms with E-state index < -0.39 is 5.97 Å². The van der Waals surface area contributed by atoms with Gasteiger partial charge < -0.3 is 9.67 Å². The van der Waals surface area contributed by atoms with E-state index in [0.717, 1.165) is 27.7 Å². The SMILES string of the molecule is Cn1ccc2ccc(-c3nn(C)c4cc(C(=O)O)ccc34)cc21. The van der Waals surface area contributed by atoms with Crippen molar-refractivity contribution in [1.82, 2.24) is 14.3 Å². The van der Waals surface area contributed by atoms with Crippen LogP contribution in [-0.2, 0) is 14.1 Å². The summed E-state index contributed by atoms with van der Waals surface area (Å²) in [4.78, 5) is 11.2. The minimum absolute atomic E-state index is 0.268. The van der Waals surface area contributed by atoms with E-state index in [2.05, 4.69) is 33.9 Å². The van der Waals surface area contributed by atoms with Gasteiger partial charge in [0.15, 0.2) is 0 Å². The maximum atomic E-state index is 11.2. The van der Waals surface area contributed by atoms with Gasteiger partial charge in [0.1, 0.15) is 5.69 Å². The van der Waals surface area contributed by atoms with Gasteiger partial charge in [-0.2, -0.15) is 5.10 Å². The summed E-state index contributed by atoms with van der Waals surface area (Å²) in [6.07, 6.45) is 2.03. The fraction of sp³-hybridized carbons (Fsp3) is 0.111. The van der Waals surface area contributed by atoms with Crippen LogP contribution in [0.2, 0.25) is 0 Å². The summed E-state index contributed by atoms with van der Waals surface area (Å²) in [7, 11) is 3.85. The standard InChI is InChI=1S/C18H15N3O2/c1-20-8-7-11-3-4-12(9-15(11)20)17-14-6-5-13(18(22)23)10-16(14)21(2)19-17/h3-10H,1-2H3,(H,22,23). The van der Waals surface area contributed by atoms with Crippen molar-refractivity contribution in [2.45, 2.75) is 0 Å². The zero-order valence-corrected chi connectivity index (χ0v) is 12.8. The van der Waals surface area contributed by atoms with Gasteiger partial charge in [0.05, 0.1) is 11.1 Å². The van der Waals surface area contributed by atoms with Gasteiger partial charge in [0.2, 0.25) is 0 Å². The summed E-state index contributed by atoms with van der Waals surface area (Å²) in [5.41, 5.74) is 4.11. The first kappa shape index (κ1) is 13.6. The smallest absolute Gasteiger partial charge is 0.335 e. The number of fused-ring (bicyclic) bond motifs is 2. The third-order valence-corrected chi connectivity index (χ3v) is 4.26. The molecule has 114 valence electrons. The summed E-state index contributed by atoms with van der Waals surface area (Å²) in [5.74, 6) is -0.931. The van der Waals surface area contributed by atoms with Gasteiger partial charge in [-0.05, 0) is 35.7 Å². The maximum absolute atomic E-state index is 11.2. The molecule has 4 aromatic rings. The quantitative estimate of drug-likeness (QED) is 0.617. The molecule has 0 saturated heterocycles. The van der Waals surface area contributed by atoms with E-state index in [1.807, 2.05) is 26.4 Å². The lowest BCUT2D eigenvalue weighted by Gasteiger charge is -2.01. The van der Waals surface area contributed by atoms with Crippen molar-refractivity contribution in [1.29, 1.82) is 0 Å². The Kier molecular flexibility index (Phi) is 2.78. The minimum atomic E-state index is -0.931. The van der Waals surface area contributed by atoms with Crippen molar-refractivity contribution in [3.8, 4) is 11.3 Å². The Balaban J connectivity index is 1.96. The molecule has 5 heteroatoms. The average molecular weight is 305 g/mol. The van der Waals surface area contributed by atoms with Crippen LogP contribution in [0.15, 0.2) is 48.7 Å². The van der Waals surface area contributed by atoms with E-state index in [9.17, 15) is 4.79 Å². The highest BCUT2D eigenvalue weighted by Gasteiger charge is 2.14. The topological polar surface area (TPSA) is 60.0 Å². The summed E-state index contributed by atoms with van der Waals surface area (Å²) in [5, 5.41) is 15.9. The first-order valence-corrected chi connectivity index (χ1v) is 7.30. The van der Waals surface area contributed by atoms with Crippen molar-refractivity contribution in [3.63, 3.8) is 0 Å². The number of benzene rings is 2. The van der Waals surface area contributed by atoms with E-state index in [0.29, 0.717) is 0 Å². The van der Waals surface area contributed by atoms with E-state index in [1.165, 1.54) is 5.39 Å². The molecule has 0 radical (unpaired) electrons. The largest absolute Gasteiger partial charge is 0.478 e. The number of nitrogens with zero attached hydrogens (tertiary/aromatic N) is 3. The molecule has 2 aromatic heterocycles. The van der Waals surface area contributed by atoms with Gasteiger partial charge in [-0.15, -0.1) is 0 Å². The van der Waals surface area contributed by atoms with E-state index in [4.69, 9.17) is 5.11 Å². The Morgan fingerprint density at radius 1 is 1.04 bits per heavy atom. The van der Waals surface area contributed by atoms with Gasteiger partial charge in [-0.3, -0.25) is 4.68 Å². The fourth-order valence-corrected chi connectivity index (χ4v) is 3.01. The number of aryl methyl sites for hydroxylation is 2. The Bertz CT molecular complexity index is 1070. The zero-order chi connectivity index (χ0) is 16.1. The normalized spacial score (nSPS) is 11.4. The van der Waals surface area contributed by atoms with Crippen LogP contribution in [0.5, 0.6) is 0 Å². The Labute approximate surface area is 132 Å². The zero-order valence-electron chi connectivity index (χ0n) is 12.8. The summed E-state index contributed by atoms with van der Waals surface area (Å²) >= 11 is 0. The molecule has 1 N–H and O–H groups in total. The Morgan fingerprint density at radius 2 is 1.87 bits per heavy atom. The molecule has 0 aliphatic heterocycles. The highest BCUT2D eigenvalue weighted by atomic mass is 16.4. The first-order valence-electron chi connectivity index (χ1n) is 7.30. The lowest BCUT2D eigenvalue weighted by Crippen LogP contribution is -1.96. The highest BCUT2D eigenvalue weighted by molar-refractivity contribution is 5.99. The molecule has 5 nitrogen and oxygen atoms in total. The number of carboxylic acids is 1. The maximum Gasteiger partial charge on any atom is 0.335 e. The molecule has 0 amide bonds. The molecule has 0 aliphatic rings. The molecule has 2 aromatic carbocycles. The van der Waals surface area contributed by atoms with Crippen LogP contribution in [-0.4, -0.2) is 25.4 Å². The van der Waals surface area contributed by atoms with Gasteiger partial charge in [0.25, 0.3) is 0 Å². The van der Waals surface area contributed by atoms with Gasteiger partial charge in [0, 0.05) is 36.8 Å². The molecule has 0 aliphatic carbocycles. The van der Waals surface area contributed by atoms with Crippen molar-refractivity contribution in [2.75, 3.05) is 0 Å². The van der Waals surface area contributed by atoms with Crippen molar-refractivity contribution in [3.05, 3.63) is 54.2 Å². The molecule has 0 spiro atoms. The summed E-state index contributed by atoms with van der Waals surface area (Å²) in [6, 6.07) is 13.4. The third kappa shape index (κ3) is 2.01. The molecule has 4 rings (SSSR count). The number of hydrogen-bond donors (Lipinski definition) is 1. The van der Waals surface area contributed by atoms with Crippen LogP contribution in [0, 0.1) is 0 Å². The fourth-order valence-electron chi connectivity index (χ4n) is 3.01. The van der Waals surface area contributed by atoms with E-state index >= 15 is 0 Å². The van der Waals surface area contributed by atoms with Crippen molar-refractivity contribution >= 4 is 27.8 Å². The van der Waals surface area contributed by atoms with E-state index in [-0.39, 0.29) is 5.56 Å². The van der Waals surface area contributed by atoms with Crippen LogP contribution in [0.3, 0.4) is 0 Å². The first-order chi connectivity index (χ1) is 11.0. The van der Waals surface area contributed by atoms with Gasteiger partial charge in [-0.1, -0.05) is 12.1 Å². The lowest BCUT2D eigenvalue weighted by atomic mass is 10.0. The van der Waals surface area contributed by atoms with Crippen LogP contribution in [0.4, 0.5) is 0 Å². The Hall–Kier alpha value is -3.08. The average Bonchev–Trinajstić information content (AvgIpc) is 3.08. The van der Waals surface area contributed by atoms with Gasteiger partial charge >= 0.3 is 5.97 Å². The molecule has 0 unspecified atom stereocenters. The monoisotopic (exact) mass is 305 g/mol. The highest BCUT2D eigenvalue weighted by Crippen LogP contribution is 2.30. The molecule has 0 saturated carbocycles. The number of aromatic carboxylic acids is 1. The predicted molar refractivity (Wildman–Crippen MR) is 89.6 cm³/mol. The molecule has 0 fully saturated rings. The summed E-state index contributed by atoms with van der Waals surface area (Å²) < 4.78 is 3.80. The molecular formula is C18H15N3O2.